The maximum absolute atomic E-state index is 12.4. The highest BCUT2D eigenvalue weighted by atomic mass is 32.2. The molecule has 1 aromatic carbocycles. The van der Waals surface area contributed by atoms with E-state index in [1.54, 1.807) is 12.1 Å². The minimum atomic E-state index is -0.992. The van der Waals surface area contributed by atoms with Gasteiger partial charge in [-0.2, -0.15) is 0 Å². The molecule has 7 nitrogen and oxygen atoms in total. The molecule has 0 bridgehead atoms. The highest BCUT2D eigenvalue weighted by Gasteiger charge is 2.40. The van der Waals surface area contributed by atoms with E-state index in [2.05, 4.69) is 4.90 Å². The average Bonchev–Trinajstić information content (AvgIpc) is 2.88. The van der Waals surface area contributed by atoms with E-state index in [-0.39, 0.29) is 24.0 Å². The summed E-state index contributed by atoms with van der Waals surface area (Å²) in [5.41, 5.74) is 1.55. The summed E-state index contributed by atoms with van der Waals surface area (Å²) in [6, 6.07) is 7.29. The fourth-order valence-corrected chi connectivity index (χ4v) is 3.66. The first-order valence-electron chi connectivity index (χ1n) is 7.69. The largest absolute Gasteiger partial charge is 0.481 e. The number of carbonyl (C=O) groups is 3. The van der Waals surface area contributed by atoms with Gasteiger partial charge in [0, 0.05) is 25.2 Å². The smallest absolute Gasteiger partial charge is 0.313 e. The molecule has 0 saturated carbocycles. The van der Waals surface area contributed by atoms with Gasteiger partial charge in [0.2, 0.25) is 11.8 Å². The van der Waals surface area contributed by atoms with Gasteiger partial charge >= 0.3 is 5.97 Å². The van der Waals surface area contributed by atoms with Crippen molar-refractivity contribution in [3.05, 3.63) is 24.3 Å². The number of thioether (sulfide) groups is 1. The second-order valence-electron chi connectivity index (χ2n) is 5.58. The molecule has 2 amide bonds. The number of anilines is 2. The molecule has 0 aromatic heterocycles. The van der Waals surface area contributed by atoms with Crippen LogP contribution in [0.5, 0.6) is 0 Å². The summed E-state index contributed by atoms with van der Waals surface area (Å²) in [5, 5.41) is 8.10. The van der Waals surface area contributed by atoms with Crippen molar-refractivity contribution in [1.82, 2.24) is 0 Å². The van der Waals surface area contributed by atoms with Crippen LogP contribution in [0.25, 0.3) is 0 Å². The van der Waals surface area contributed by atoms with Crippen LogP contribution in [0.2, 0.25) is 0 Å². The summed E-state index contributed by atoms with van der Waals surface area (Å²) >= 11 is 0.995. The quantitative estimate of drug-likeness (QED) is 0.792. The van der Waals surface area contributed by atoms with Gasteiger partial charge < -0.3 is 14.7 Å². The summed E-state index contributed by atoms with van der Waals surface area (Å²) in [6.45, 7) is 3.00. The Morgan fingerprint density at radius 1 is 1.17 bits per heavy atom. The fourth-order valence-electron chi connectivity index (χ4n) is 2.81. The average molecular weight is 350 g/mol. The number of carbonyl (C=O) groups excluding carboxylic acids is 2. The molecule has 1 unspecified atom stereocenters. The third-order valence-corrected chi connectivity index (χ3v) is 5.18. The highest BCUT2D eigenvalue weighted by Crippen LogP contribution is 2.30. The minimum Gasteiger partial charge on any atom is -0.481 e. The van der Waals surface area contributed by atoms with Gasteiger partial charge in [-0.05, 0) is 24.3 Å². The van der Waals surface area contributed by atoms with Gasteiger partial charge in [-0.1, -0.05) is 0 Å². The second-order valence-corrected chi connectivity index (χ2v) is 6.77. The van der Waals surface area contributed by atoms with Crippen molar-refractivity contribution < 1.29 is 24.2 Å². The number of nitrogens with zero attached hydrogens (tertiary/aromatic N) is 2. The lowest BCUT2D eigenvalue weighted by Gasteiger charge is -2.29. The number of benzene rings is 1. The van der Waals surface area contributed by atoms with Gasteiger partial charge in [0.15, 0.2) is 0 Å². The Morgan fingerprint density at radius 2 is 1.79 bits per heavy atom. The molecule has 2 aliphatic heterocycles. The number of aliphatic carboxylic acids is 1. The molecule has 3 rings (SSSR count). The van der Waals surface area contributed by atoms with Crippen molar-refractivity contribution in [3.63, 3.8) is 0 Å². The van der Waals surface area contributed by atoms with Gasteiger partial charge in [-0.3, -0.25) is 14.4 Å². The van der Waals surface area contributed by atoms with Crippen LogP contribution >= 0.6 is 11.8 Å². The van der Waals surface area contributed by atoms with Crippen LogP contribution in [-0.2, 0) is 19.1 Å². The molecular weight excluding hydrogens is 332 g/mol. The Kier molecular flexibility index (Phi) is 5.06. The van der Waals surface area contributed by atoms with Crippen molar-refractivity contribution in [2.45, 2.75) is 11.7 Å². The molecule has 2 heterocycles. The van der Waals surface area contributed by atoms with Crippen molar-refractivity contribution in [1.29, 1.82) is 0 Å². The van der Waals surface area contributed by atoms with Crippen LogP contribution in [0.4, 0.5) is 11.4 Å². The minimum absolute atomic E-state index is 0.0436. The van der Waals surface area contributed by atoms with Crippen LogP contribution in [-0.4, -0.2) is 60.2 Å². The zero-order valence-corrected chi connectivity index (χ0v) is 13.8. The summed E-state index contributed by atoms with van der Waals surface area (Å²) in [6.07, 6.45) is 0.0436. The van der Waals surface area contributed by atoms with Gasteiger partial charge in [0.25, 0.3) is 0 Å². The standard InChI is InChI=1S/C16H18N2O5S/c19-14-9-13(24-10-15(20)21)16(22)18(14)12-3-1-11(2-4-12)17-5-7-23-8-6-17/h1-4,13H,5-10H2,(H,20,21). The molecule has 1 atom stereocenters. The zero-order valence-electron chi connectivity index (χ0n) is 13.0. The lowest BCUT2D eigenvalue weighted by molar-refractivity contribution is -0.134. The summed E-state index contributed by atoms with van der Waals surface area (Å²) in [7, 11) is 0. The molecule has 0 spiro atoms. The number of amides is 2. The molecule has 8 heteroatoms. The number of morpholine rings is 1. The van der Waals surface area contributed by atoms with E-state index in [9.17, 15) is 14.4 Å². The van der Waals surface area contributed by atoms with Crippen LogP contribution in [0, 0.1) is 0 Å². The molecule has 128 valence electrons. The SMILES string of the molecule is O=C(O)CSC1CC(=O)N(c2ccc(N3CCOCC3)cc2)C1=O. The summed E-state index contributed by atoms with van der Waals surface area (Å²) in [4.78, 5) is 38.5. The molecule has 2 fully saturated rings. The monoisotopic (exact) mass is 350 g/mol. The normalized spacial score (nSPS) is 21.4. The maximum atomic E-state index is 12.4. The van der Waals surface area contributed by atoms with E-state index in [1.807, 2.05) is 12.1 Å². The Labute approximate surface area is 143 Å². The van der Waals surface area contributed by atoms with E-state index >= 15 is 0 Å². The molecule has 2 saturated heterocycles. The summed E-state index contributed by atoms with van der Waals surface area (Å²) < 4.78 is 5.32. The second kappa shape index (κ2) is 7.23. The fraction of sp³-hybridized carbons (Fsp3) is 0.438. The van der Waals surface area contributed by atoms with Crippen molar-refractivity contribution in [2.24, 2.45) is 0 Å². The van der Waals surface area contributed by atoms with Crippen molar-refractivity contribution in [3.8, 4) is 0 Å². The van der Waals surface area contributed by atoms with Gasteiger partial charge in [-0.15, -0.1) is 11.8 Å². The predicted molar refractivity (Wildman–Crippen MR) is 90.5 cm³/mol. The number of carboxylic acid groups (broad SMARTS) is 1. The first-order chi connectivity index (χ1) is 11.6. The van der Waals surface area contributed by atoms with E-state index < -0.39 is 11.2 Å². The Hall–Kier alpha value is -2.06. The van der Waals surface area contributed by atoms with Gasteiger partial charge in [0.05, 0.1) is 29.9 Å². The maximum Gasteiger partial charge on any atom is 0.313 e. The zero-order chi connectivity index (χ0) is 17.1. The van der Waals surface area contributed by atoms with Crippen LogP contribution in [0.1, 0.15) is 6.42 Å². The third-order valence-electron chi connectivity index (χ3n) is 4.00. The molecule has 2 aliphatic rings. The van der Waals surface area contributed by atoms with Crippen LogP contribution < -0.4 is 9.80 Å². The number of rotatable bonds is 5. The van der Waals surface area contributed by atoms with Crippen LogP contribution in [0.15, 0.2) is 24.3 Å². The van der Waals surface area contributed by atoms with E-state index in [0.29, 0.717) is 18.9 Å². The number of hydrogen-bond acceptors (Lipinski definition) is 6. The summed E-state index contributed by atoms with van der Waals surface area (Å²) in [5.74, 6) is -1.81. The lowest BCUT2D eigenvalue weighted by Crippen LogP contribution is -2.36. The first kappa shape index (κ1) is 16.8. The molecule has 1 aromatic rings. The number of carboxylic acids is 1. The molecular formula is C16H18N2O5S. The number of ether oxygens (including phenoxy) is 1. The number of imide groups is 1. The van der Waals surface area contributed by atoms with Gasteiger partial charge in [-0.25, -0.2) is 4.90 Å². The predicted octanol–water partition coefficient (Wildman–Crippen LogP) is 0.973. The molecule has 1 N–H and O–H groups in total. The van der Waals surface area contributed by atoms with Crippen molar-refractivity contribution >= 4 is 40.9 Å². The molecule has 0 radical (unpaired) electrons. The van der Waals surface area contributed by atoms with Crippen LogP contribution in [0.3, 0.4) is 0 Å². The molecule has 0 aliphatic carbocycles. The highest BCUT2D eigenvalue weighted by molar-refractivity contribution is 8.01. The van der Waals surface area contributed by atoms with Gasteiger partial charge in [0.1, 0.15) is 0 Å². The third kappa shape index (κ3) is 3.54. The first-order valence-corrected chi connectivity index (χ1v) is 8.74. The molecule has 24 heavy (non-hydrogen) atoms. The Bertz CT molecular complexity index is 642. The van der Waals surface area contributed by atoms with E-state index in [4.69, 9.17) is 9.84 Å². The topological polar surface area (TPSA) is 87.2 Å². The lowest BCUT2D eigenvalue weighted by atomic mass is 10.2. The Balaban J connectivity index is 1.70. The van der Waals surface area contributed by atoms with E-state index in [0.717, 1.165) is 35.4 Å². The Morgan fingerprint density at radius 3 is 2.42 bits per heavy atom. The van der Waals surface area contributed by atoms with E-state index in [1.165, 1.54) is 0 Å². The number of hydrogen-bond donors (Lipinski definition) is 1. The van der Waals surface area contributed by atoms with Crippen molar-refractivity contribution in [2.75, 3.05) is 41.9 Å².